The molecule has 0 rings (SSSR count). The molecular weight excluding hydrogens is 194 g/mol. The van der Waals surface area contributed by atoms with Crippen LogP contribution in [0.5, 0.6) is 0 Å². The minimum Gasteiger partial charge on any atom is -0.234 e. The smallest absolute Gasteiger partial charge is 0.144 e. The van der Waals surface area contributed by atoms with Crippen LogP contribution < -0.4 is 0 Å². The van der Waals surface area contributed by atoms with Crippen LogP contribution in [0.2, 0.25) is 0 Å². The highest BCUT2D eigenvalue weighted by Crippen LogP contribution is 2.13. The molecule has 14 heavy (non-hydrogen) atoms. The third-order valence-electron chi connectivity index (χ3n) is 1.95. The van der Waals surface area contributed by atoms with Gasteiger partial charge in [0.1, 0.15) is 11.0 Å². The lowest BCUT2D eigenvalue weighted by Gasteiger charge is -2.13. The maximum atomic E-state index is 11.6. The van der Waals surface area contributed by atoms with Gasteiger partial charge in [0.25, 0.3) is 0 Å². The molecule has 0 aromatic carbocycles. The van der Waals surface area contributed by atoms with Gasteiger partial charge in [-0.05, 0) is 33.1 Å². The number of rotatable bonds is 5. The Bertz CT molecular complexity index is 206. The average molecular weight is 217 g/mol. The van der Waals surface area contributed by atoms with Crippen molar-refractivity contribution in [2.24, 2.45) is 10.3 Å². The Labute approximate surface area is 90.8 Å². The van der Waals surface area contributed by atoms with E-state index < -0.39 is 11.0 Å². The van der Waals surface area contributed by atoms with Crippen molar-refractivity contribution in [2.45, 2.75) is 58.6 Å². The molecule has 0 aliphatic carbocycles. The fraction of sp³-hybridized carbons (Fsp3) is 0.909. The van der Waals surface area contributed by atoms with Gasteiger partial charge in [0.15, 0.2) is 0 Å². The first-order chi connectivity index (χ1) is 6.38. The average Bonchev–Trinajstić information content (AvgIpc) is 2.09. The summed E-state index contributed by atoms with van der Waals surface area (Å²) in [5.41, 5.74) is 0. The minimum absolute atomic E-state index is 0.235. The molecule has 0 aliphatic rings. The summed E-state index contributed by atoms with van der Waals surface area (Å²) in [4.78, 5) is 0. The molecule has 0 saturated carbocycles. The SMILES string of the molecule is CCCCC(C)/C=N\[S@@](=O)C(C)(C)C. The number of nitrogens with zero attached hydrogens (tertiary/aromatic N) is 1. The maximum Gasteiger partial charge on any atom is 0.144 e. The highest BCUT2D eigenvalue weighted by Gasteiger charge is 2.18. The molecule has 0 aromatic rings. The molecule has 0 bridgehead atoms. The zero-order chi connectivity index (χ0) is 11.2. The Kier molecular flexibility index (Phi) is 6.25. The molecule has 0 amide bonds. The summed E-state index contributed by atoms with van der Waals surface area (Å²) in [6, 6.07) is 0. The molecule has 2 nitrogen and oxygen atoms in total. The lowest BCUT2D eigenvalue weighted by atomic mass is 10.1. The van der Waals surface area contributed by atoms with Gasteiger partial charge in [0.2, 0.25) is 0 Å². The number of hydrogen-bond donors (Lipinski definition) is 0. The Morgan fingerprint density at radius 1 is 1.43 bits per heavy atom. The van der Waals surface area contributed by atoms with Gasteiger partial charge in [0.05, 0.1) is 4.75 Å². The molecule has 0 saturated heterocycles. The van der Waals surface area contributed by atoms with Crippen molar-refractivity contribution in [1.29, 1.82) is 0 Å². The van der Waals surface area contributed by atoms with Crippen molar-refractivity contribution < 1.29 is 4.21 Å². The van der Waals surface area contributed by atoms with E-state index >= 15 is 0 Å². The van der Waals surface area contributed by atoms with Gasteiger partial charge >= 0.3 is 0 Å². The van der Waals surface area contributed by atoms with Crippen molar-refractivity contribution in [3.05, 3.63) is 0 Å². The molecule has 84 valence electrons. The van der Waals surface area contributed by atoms with E-state index in [9.17, 15) is 4.21 Å². The summed E-state index contributed by atoms with van der Waals surface area (Å²) in [5.74, 6) is 0.446. The number of unbranched alkanes of at least 4 members (excludes halogenated alkanes) is 1. The molecule has 0 aliphatic heterocycles. The Balaban J connectivity index is 3.98. The van der Waals surface area contributed by atoms with E-state index in [1.807, 2.05) is 27.0 Å². The Morgan fingerprint density at radius 3 is 2.43 bits per heavy atom. The molecule has 0 aromatic heterocycles. The van der Waals surface area contributed by atoms with E-state index in [0.29, 0.717) is 5.92 Å². The molecule has 1 unspecified atom stereocenters. The molecule has 0 radical (unpaired) electrons. The first kappa shape index (κ1) is 13.8. The second-order valence-electron chi connectivity index (χ2n) is 4.74. The van der Waals surface area contributed by atoms with Gasteiger partial charge < -0.3 is 0 Å². The highest BCUT2D eigenvalue weighted by molar-refractivity contribution is 7.85. The van der Waals surface area contributed by atoms with Gasteiger partial charge in [-0.3, -0.25) is 0 Å². The summed E-state index contributed by atoms with van der Waals surface area (Å²) < 4.78 is 15.4. The van der Waals surface area contributed by atoms with Crippen molar-refractivity contribution in [3.8, 4) is 0 Å². The summed E-state index contributed by atoms with van der Waals surface area (Å²) in [7, 11) is -1.09. The normalized spacial score (nSPS) is 17.2. The standard InChI is InChI=1S/C11H23NOS/c1-6-7-8-10(2)9-12-14(13)11(3,4)5/h9-10H,6-8H2,1-5H3/b12-9-/t10?,14-/m0/s1. The fourth-order valence-corrected chi connectivity index (χ4v) is 1.55. The summed E-state index contributed by atoms with van der Waals surface area (Å²) in [6.45, 7) is 10.1. The monoisotopic (exact) mass is 217 g/mol. The maximum absolute atomic E-state index is 11.6. The van der Waals surface area contributed by atoms with Crippen LogP contribution in [0.15, 0.2) is 4.40 Å². The van der Waals surface area contributed by atoms with E-state index in [-0.39, 0.29) is 4.75 Å². The van der Waals surface area contributed by atoms with Crippen LogP contribution in [0, 0.1) is 5.92 Å². The van der Waals surface area contributed by atoms with E-state index in [2.05, 4.69) is 18.2 Å². The van der Waals surface area contributed by atoms with E-state index in [0.717, 1.165) is 6.42 Å². The van der Waals surface area contributed by atoms with Crippen LogP contribution in [-0.4, -0.2) is 15.2 Å². The second kappa shape index (κ2) is 6.33. The summed E-state index contributed by atoms with van der Waals surface area (Å²) >= 11 is 0. The fourth-order valence-electron chi connectivity index (χ4n) is 0.918. The van der Waals surface area contributed by atoms with Crippen molar-refractivity contribution >= 4 is 17.2 Å². The van der Waals surface area contributed by atoms with Crippen LogP contribution in [0.3, 0.4) is 0 Å². The lowest BCUT2D eigenvalue weighted by molar-refractivity contribution is 0.630. The van der Waals surface area contributed by atoms with E-state index in [1.54, 1.807) is 0 Å². The quantitative estimate of drug-likeness (QED) is 0.649. The third-order valence-corrected chi connectivity index (χ3v) is 3.31. The molecule has 3 heteroatoms. The van der Waals surface area contributed by atoms with Crippen LogP contribution in [0.1, 0.15) is 53.9 Å². The first-order valence-corrected chi connectivity index (χ1v) is 6.44. The largest absolute Gasteiger partial charge is 0.234 e. The minimum atomic E-state index is -1.09. The van der Waals surface area contributed by atoms with Crippen molar-refractivity contribution in [1.82, 2.24) is 0 Å². The van der Waals surface area contributed by atoms with Gasteiger partial charge in [-0.15, -0.1) is 0 Å². The molecule has 0 N–H and O–H groups in total. The number of hydrogen-bond acceptors (Lipinski definition) is 1. The van der Waals surface area contributed by atoms with Crippen molar-refractivity contribution in [3.63, 3.8) is 0 Å². The van der Waals surface area contributed by atoms with Crippen LogP contribution in [0.25, 0.3) is 0 Å². The van der Waals surface area contributed by atoms with Gasteiger partial charge in [-0.25, -0.2) is 4.21 Å². The zero-order valence-electron chi connectivity index (χ0n) is 10.0. The van der Waals surface area contributed by atoms with Gasteiger partial charge in [0, 0.05) is 6.21 Å². The van der Waals surface area contributed by atoms with Crippen LogP contribution in [-0.2, 0) is 11.0 Å². The molecule has 0 spiro atoms. The predicted molar refractivity (Wildman–Crippen MR) is 65.1 cm³/mol. The lowest BCUT2D eigenvalue weighted by Crippen LogP contribution is -2.20. The summed E-state index contributed by atoms with van der Waals surface area (Å²) in [5, 5.41) is 0. The highest BCUT2D eigenvalue weighted by atomic mass is 32.2. The Hall–Kier alpha value is -0.180. The van der Waals surface area contributed by atoms with Crippen molar-refractivity contribution in [2.75, 3.05) is 0 Å². The molecule has 0 fully saturated rings. The second-order valence-corrected chi connectivity index (χ2v) is 6.67. The van der Waals surface area contributed by atoms with Gasteiger partial charge in [-0.2, -0.15) is 4.40 Å². The van der Waals surface area contributed by atoms with E-state index in [1.165, 1.54) is 12.8 Å². The molecule has 0 heterocycles. The predicted octanol–water partition coefficient (Wildman–Crippen LogP) is 3.35. The van der Waals surface area contributed by atoms with E-state index in [4.69, 9.17) is 0 Å². The summed E-state index contributed by atoms with van der Waals surface area (Å²) in [6.07, 6.45) is 5.41. The first-order valence-electron chi connectivity index (χ1n) is 5.34. The zero-order valence-corrected chi connectivity index (χ0v) is 10.9. The molecular formula is C11H23NOS. The Morgan fingerprint density at radius 2 is 2.00 bits per heavy atom. The van der Waals surface area contributed by atoms with Gasteiger partial charge in [-0.1, -0.05) is 26.7 Å². The third kappa shape index (κ3) is 6.30. The van der Waals surface area contributed by atoms with Crippen LogP contribution >= 0.6 is 0 Å². The van der Waals surface area contributed by atoms with Crippen LogP contribution in [0.4, 0.5) is 0 Å². The topological polar surface area (TPSA) is 29.4 Å². The molecule has 2 atom stereocenters.